The molecule has 1 atom stereocenters. The van der Waals surface area contributed by atoms with Crippen molar-refractivity contribution in [3.63, 3.8) is 0 Å². The highest BCUT2D eigenvalue weighted by atomic mass is 32.2. The van der Waals surface area contributed by atoms with Crippen molar-refractivity contribution >= 4 is 29.4 Å². The molecule has 1 heterocycles. The van der Waals surface area contributed by atoms with Crippen molar-refractivity contribution in [2.45, 2.75) is 12.3 Å². The third-order valence-electron chi connectivity index (χ3n) is 4.50. The lowest BCUT2D eigenvalue weighted by atomic mass is 10.1. The lowest BCUT2D eigenvalue weighted by molar-refractivity contribution is 0.0526. The Morgan fingerprint density at radius 3 is 2.55 bits per heavy atom. The number of methoxy groups -OCH3 is 2. The van der Waals surface area contributed by atoms with Gasteiger partial charge in [-0.15, -0.1) is 11.8 Å². The molecule has 1 fully saturated rings. The number of hydrogen-bond acceptors (Lipinski definition) is 6. The highest BCUT2D eigenvalue weighted by molar-refractivity contribution is 7.99. The first kappa shape index (κ1) is 20.9. The minimum absolute atomic E-state index is 0.182. The van der Waals surface area contributed by atoms with Crippen LogP contribution in [-0.2, 0) is 4.74 Å². The van der Waals surface area contributed by atoms with E-state index < -0.39 is 0 Å². The summed E-state index contributed by atoms with van der Waals surface area (Å²) in [6.07, 6.45) is 0. The van der Waals surface area contributed by atoms with Crippen LogP contribution in [0.25, 0.3) is 0 Å². The minimum atomic E-state index is -0.383. The summed E-state index contributed by atoms with van der Waals surface area (Å²) in [4.78, 5) is 26.4. The van der Waals surface area contributed by atoms with Crippen LogP contribution < -0.4 is 14.8 Å². The molecule has 29 heavy (non-hydrogen) atoms. The zero-order chi connectivity index (χ0) is 20.8. The first-order chi connectivity index (χ1) is 14.1. The van der Waals surface area contributed by atoms with Crippen LogP contribution in [0, 0.1) is 0 Å². The Morgan fingerprint density at radius 1 is 1.14 bits per heavy atom. The molecule has 0 aliphatic carbocycles. The fourth-order valence-corrected chi connectivity index (χ4v) is 4.41. The molecule has 0 spiro atoms. The van der Waals surface area contributed by atoms with Gasteiger partial charge in [0.1, 0.15) is 5.37 Å². The maximum atomic E-state index is 12.9. The van der Waals surface area contributed by atoms with E-state index in [2.05, 4.69) is 5.32 Å². The molecular weight excluding hydrogens is 392 g/mol. The Kier molecular flexibility index (Phi) is 6.87. The maximum absolute atomic E-state index is 12.9. The topological polar surface area (TPSA) is 77.1 Å². The standard InChI is InChI=1S/C21H24N2O5S/c1-4-28-20(24)14-8-10-15(11-9-14)22-21(25)23-12-13-29-19(23)16-6-5-7-17(26-2)18(16)27-3/h5-11,19H,4,12-13H2,1-3H3,(H,22,25). The van der Waals surface area contributed by atoms with E-state index in [-0.39, 0.29) is 17.4 Å². The number of nitrogens with one attached hydrogen (secondary N) is 1. The van der Waals surface area contributed by atoms with E-state index in [1.807, 2.05) is 18.2 Å². The number of carbonyl (C=O) groups is 2. The molecule has 0 radical (unpaired) electrons. The molecule has 2 aromatic carbocycles. The number of thioether (sulfide) groups is 1. The molecule has 8 heteroatoms. The lowest BCUT2D eigenvalue weighted by Crippen LogP contribution is -2.34. The number of para-hydroxylation sites is 1. The quantitative estimate of drug-likeness (QED) is 0.713. The van der Waals surface area contributed by atoms with E-state index in [1.54, 1.807) is 62.1 Å². The van der Waals surface area contributed by atoms with Crippen molar-refractivity contribution in [3.05, 3.63) is 53.6 Å². The normalized spacial score (nSPS) is 15.7. The number of anilines is 1. The summed E-state index contributed by atoms with van der Waals surface area (Å²) in [6.45, 7) is 2.69. The van der Waals surface area contributed by atoms with Gasteiger partial charge in [-0.3, -0.25) is 0 Å². The number of amides is 2. The van der Waals surface area contributed by atoms with Crippen molar-refractivity contribution < 1.29 is 23.8 Å². The Balaban J connectivity index is 1.75. The van der Waals surface area contributed by atoms with Crippen molar-refractivity contribution in [1.29, 1.82) is 0 Å². The molecule has 7 nitrogen and oxygen atoms in total. The van der Waals surface area contributed by atoms with Gasteiger partial charge in [0.25, 0.3) is 0 Å². The number of benzene rings is 2. The van der Waals surface area contributed by atoms with Crippen molar-refractivity contribution in [2.75, 3.05) is 38.4 Å². The Morgan fingerprint density at radius 2 is 1.90 bits per heavy atom. The summed E-state index contributed by atoms with van der Waals surface area (Å²) in [5.74, 6) is 1.70. The maximum Gasteiger partial charge on any atom is 0.338 e. The van der Waals surface area contributed by atoms with Crippen molar-refractivity contribution in [2.24, 2.45) is 0 Å². The minimum Gasteiger partial charge on any atom is -0.493 e. The molecule has 0 saturated carbocycles. The molecule has 154 valence electrons. The van der Waals surface area contributed by atoms with Crippen LogP contribution in [0.4, 0.5) is 10.5 Å². The van der Waals surface area contributed by atoms with E-state index in [0.717, 1.165) is 11.3 Å². The van der Waals surface area contributed by atoms with E-state index in [1.165, 1.54) is 0 Å². The van der Waals surface area contributed by atoms with E-state index >= 15 is 0 Å². The highest BCUT2D eigenvalue weighted by Gasteiger charge is 2.33. The Labute approximate surface area is 174 Å². The fraction of sp³-hybridized carbons (Fsp3) is 0.333. The van der Waals surface area contributed by atoms with Crippen LogP contribution in [0.5, 0.6) is 11.5 Å². The van der Waals surface area contributed by atoms with Crippen molar-refractivity contribution in [3.8, 4) is 11.5 Å². The average Bonchev–Trinajstić information content (AvgIpc) is 3.23. The zero-order valence-corrected chi connectivity index (χ0v) is 17.5. The fourth-order valence-electron chi connectivity index (χ4n) is 3.14. The monoisotopic (exact) mass is 416 g/mol. The Bertz CT molecular complexity index is 872. The second kappa shape index (κ2) is 9.56. The second-order valence-corrected chi connectivity index (χ2v) is 7.42. The smallest absolute Gasteiger partial charge is 0.338 e. The molecule has 1 aliphatic heterocycles. The van der Waals surface area contributed by atoms with Gasteiger partial charge in [0.15, 0.2) is 11.5 Å². The van der Waals surface area contributed by atoms with Crippen LogP contribution in [0.2, 0.25) is 0 Å². The summed E-state index contributed by atoms with van der Waals surface area (Å²) < 4.78 is 15.9. The number of urea groups is 1. The predicted molar refractivity (Wildman–Crippen MR) is 113 cm³/mol. The molecule has 2 aromatic rings. The van der Waals surface area contributed by atoms with Crippen LogP contribution in [0.15, 0.2) is 42.5 Å². The molecule has 1 unspecified atom stereocenters. The molecular formula is C21H24N2O5S. The first-order valence-electron chi connectivity index (χ1n) is 9.26. The molecule has 1 aliphatic rings. The van der Waals surface area contributed by atoms with Gasteiger partial charge < -0.3 is 24.4 Å². The number of esters is 1. The molecule has 2 amide bonds. The van der Waals surface area contributed by atoms with Gasteiger partial charge in [0.05, 0.1) is 26.4 Å². The first-order valence-corrected chi connectivity index (χ1v) is 10.3. The summed E-state index contributed by atoms with van der Waals surface area (Å²) in [7, 11) is 3.18. The second-order valence-electron chi connectivity index (χ2n) is 6.23. The van der Waals surface area contributed by atoms with Gasteiger partial charge in [0.2, 0.25) is 0 Å². The van der Waals surface area contributed by atoms with Crippen LogP contribution in [0.1, 0.15) is 28.2 Å². The van der Waals surface area contributed by atoms with E-state index in [4.69, 9.17) is 14.2 Å². The largest absolute Gasteiger partial charge is 0.493 e. The van der Waals surface area contributed by atoms with Gasteiger partial charge in [-0.1, -0.05) is 12.1 Å². The van der Waals surface area contributed by atoms with Gasteiger partial charge in [-0.25, -0.2) is 9.59 Å². The van der Waals surface area contributed by atoms with Gasteiger partial charge in [0, 0.05) is 23.5 Å². The van der Waals surface area contributed by atoms with Crippen molar-refractivity contribution in [1.82, 2.24) is 4.90 Å². The zero-order valence-electron chi connectivity index (χ0n) is 16.6. The van der Waals surface area contributed by atoms with Gasteiger partial charge in [-0.05, 0) is 37.3 Å². The van der Waals surface area contributed by atoms with Crippen LogP contribution in [0.3, 0.4) is 0 Å². The van der Waals surface area contributed by atoms with E-state index in [9.17, 15) is 9.59 Å². The van der Waals surface area contributed by atoms with Gasteiger partial charge in [-0.2, -0.15) is 0 Å². The number of rotatable bonds is 6. The predicted octanol–water partition coefficient (Wildman–Crippen LogP) is 4.16. The molecule has 0 aromatic heterocycles. The number of nitrogens with zero attached hydrogens (tertiary/aromatic N) is 1. The third kappa shape index (κ3) is 4.59. The number of ether oxygens (including phenoxy) is 3. The van der Waals surface area contributed by atoms with Gasteiger partial charge >= 0.3 is 12.0 Å². The highest BCUT2D eigenvalue weighted by Crippen LogP contribution is 2.45. The van der Waals surface area contributed by atoms with Crippen LogP contribution in [-0.4, -0.2) is 50.0 Å². The van der Waals surface area contributed by atoms with Crippen LogP contribution >= 0.6 is 11.8 Å². The molecule has 3 rings (SSSR count). The number of carbonyl (C=O) groups excluding carboxylic acids is 2. The summed E-state index contributed by atoms with van der Waals surface area (Å²) in [6, 6.07) is 12.1. The SMILES string of the molecule is CCOC(=O)c1ccc(NC(=O)N2CCSC2c2cccc(OC)c2OC)cc1. The average molecular weight is 416 g/mol. The van der Waals surface area contributed by atoms with E-state index in [0.29, 0.717) is 35.9 Å². The third-order valence-corrected chi connectivity index (χ3v) is 5.74. The Hall–Kier alpha value is -2.87. The molecule has 0 bridgehead atoms. The number of hydrogen-bond donors (Lipinski definition) is 1. The summed E-state index contributed by atoms with van der Waals surface area (Å²) in [5, 5.41) is 2.72. The molecule has 1 saturated heterocycles. The lowest BCUT2D eigenvalue weighted by Gasteiger charge is -2.26. The summed E-state index contributed by atoms with van der Waals surface area (Å²) >= 11 is 1.67. The summed E-state index contributed by atoms with van der Waals surface area (Å²) in [5.41, 5.74) is 1.94. The molecule has 1 N–H and O–H groups in total.